The second-order valence-electron chi connectivity index (χ2n) is 4.09. The highest BCUT2D eigenvalue weighted by atomic mass is 32.2. The molecule has 1 radical (unpaired) electrons. The minimum absolute atomic E-state index is 0.270. The molecule has 0 amide bonds. The zero-order valence-electron chi connectivity index (χ0n) is 8.53. The first-order valence-corrected chi connectivity index (χ1v) is 5.80. The van der Waals surface area contributed by atoms with E-state index in [9.17, 15) is 8.42 Å². The standard InChI is InChI=1S/C10H14NO2S/c1-10(2,3)11-14(12,13)9-7-5-4-6-8-9/h5-8,11H,1-3H3. The van der Waals surface area contributed by atoms with Crippen LogP contribution in [0.25, 0.3) is 0 Å². The van der Waals surface area contributed by atoms with Gasteiger partial charge in [0.1, 0.15) is 0 Å². The highest BCUT2D eigenvalue weighted by Gasteiger charge is 2.21. The first-order chi connectivity index (χ1) is 6.31. The van der Waals surface area contributed by atoms with Gasteiger partial charge in [0.15, 0.2) is 0 Å². The Bertz CT molecular complexity index is 390. The SMILES string of the molecule is CC(C)(C)NS(=O)(=O)c1cc[c]cc1. The summed E-state index contributed by atoms with van der Waals surface area (Å²) in [7, 11) is -3.39. The lowest BCUT2D eigenvalue weighted by atomic mass is 10.1. The Morgan fingerprint density at radius 3 is 2.14 bits per heavy atom. The van der Waals surface area contributed by atoms with Crippen LogP contribution in [0.4, 0.5) is 0 Å². The summed E-state index contributed by atoms with van der Waals surface area (Å²) in [6, 6.07) is 8.98. The van der Waals surface area contributed by atoms with Crippen molar-refractivity contribution in [2.45, 2.75) is 31.2 Å². The zero-order chi connectivity index (χ0) is 10.8. The van der Waals surface area contributed by atoms with Crippen LogP contribution in [-0.2, 0) is 10.0 Å². The van der Waals surface area contributed by atoms with Gasteiger partial charge in [-0.1, -0.05) is 12.1 Å². The number of sulfonamides is 1. The molecule has 14 heavy (non-hydrogen) atoms. The summed E-state index contributed by atoms with van der Waals surface area (Å²) in [5.74, 6) is 0. The molecule has 0 atom stereocenters. The number of hydrogen-bond acceptors (Lipinski definition) is 2. The fraction of sp³-hybridized carbons (Fsp3) is 0.400. The van der Waals surface area contributed by atoms with Crippen LogP contribution >= 0.6 is 0 Å². The normalized spacial score (nSPS) is 12.8. The summed E-state index contributed by atoms with van der Waals surface area (Å²) in [5, 5.41) is 0. The predicted octanol–water partition coefficient (Wildman–Crippen LogP) is 1.56. The first kappa shape index (κ1) is 11.2. The Balaban J connectivity index is 2.99. The van der Waals surface area contributed by atoms with Gasteiger partial charge in [-0.05, 0) is 39.0 Å². The van der Waals surface area contributed by atoms with Crippen molar-refractivity contribution in [2.75, 3.05) is 0 Å². The maximum absolute atomic E-state index is 11.7. The van der Waals surface area contributed by atoms with Gasteiger partial charge in [0.2, 0.25) is 10.0 Å². The third-order valence-electron chi connectivity index (χ3n) is 1.44. The molecule has 77 valence electrons. The molecule has 0 unspecified atom stereocenters. The van der Waals surface area contributed by atoms with Crippen molar-refractivity contribution in [2.24, 2.45) is 0 Å². The van der Waals surface area contributed by atoms with Crippen molar-refractivity contribution in [1.82, 2.24) is 4.72 Å². The van der Waals surface area contributed by atoms with Gasteiger partial charge in [0, 0.05) is 5.54 Å². The number of hydrogen-bond donors (Lipinski definition) is 1. The van der Waals surface area contributed by atoms with Crippen LogP contribution in [0.3, 0.4) is 0 Å². The van der Waals surface area contributed by atoms with Crippen LogP contribution < -0.4 is 4.72 Å². The molecule has 0 aliphatic carbocycles. The lowest BCUT2D eigenvalue weighted by Crippen LogP contribution is -2.40. The largest absolute Gasteiger partial charge is 0.241 e. The van der Waals surface area contributed by atoms with Crippen molar-refractivity contribution in [3.63, 3.8) is 0 Å². The van der Waals surface area contributed by atoms with E-state index < -0.39 is 15.6 Å². The summed E-state index contributed by atoms with van der Waals surface area (Å²) < 4.78 is 26.0. The van der Waals surface area contributed by atoms with E-state index in [1.54, 1.807) is 32.9 Å². The summed E-state index contributed by atoms with van der Waals surface area (Å²) in [5.41, 5.74) is -0.460. The topological polar surface area (TPSA) is 46.2 Å². The molecular formula is C10H14NO2S. The quantitative estimate of drug-likeness (QED) is 0.808. The van der Waals surface area contributed by atoms with Crippen LogP contribution in [0.2, 0.25) is 0 Å². The summed E-state index contributed by atoms with van der Waals surface area (Å²) in [6.45, 7) is 5.42. The van der Waals surface area contributed by atoms with Crippen LogP contribution in [0.5, 0.6) is 0 Å². The lowest BCUT2D eigenvalue weighted by Gasteiger charge is -2.20. The van der Waals surface area contributed by atoms with E-state index in [1.807, 2.05) is 0 Å². The average Bonchev–Trinajstić information content (AvgIpc) is 2.01. The van der Waals surface area contributed by atoms with Crippen molar-refractivity contribution in [3.05, 3.63) is 30.3 Å². The number of rotatable bonds is 2. The number of nitrogens with one attached hydrogen (secondary N) is 1. The van der Waals surface area contributed by atoms with E-state index >= 15 is 0 Å². The van der Waals surface area contributed by atoms with Gasteiger partial charge in [-0.15, -0.1) is 0 Å². The molecule has 1 N–H and O–H groups in total. The molecule has 0 aliphatic rings. The highest BCUT2D eigenvalue weighted by Crippen LogP contribution is 2.11. The molecule has 3 nitrogen and oxygen atoms in total. The van der Waals surface area contributed by atoms with Gasteiger partial charge < -0.3 is 0 Å². The fourth-order valence-corrected chi connectivity index (χ4v) is 2.43. The summed E-state index contributed by atoms with van der Waals surface area (Å²) in [6.07, 6.45) is 0. The number of benzene rings is 1. The van der Waals surface area contributed by atoms with Gasteiger partial charge >= 0.3 is 0 Å². The van der Waals surface area contributed by atoms with E-state index in [-0.39, 0.29) is 4.90 Å². The smallest absolute Gasteiger partial charge is 0.207 e. The Hall–Kier alpha value is -0.870. The molecule has 0 saturated carbocycles. The Kier molecular flexibility index (Phi) is 2.97. The molecule has 0 heterocycles. The molecule has 0 saturated heterocycles. The maximum atomic E-state index is 11.7. The Labute approximate surface area is 85.2 Å². The molecule has 0 spiro atoms. The van der Waals surface area contributed by atoms with E-state index in [0.29, 0.717) is 0 Å². The lowest BCUT2D eigenvalue weighted by molar-refractivity contribution is 0.491. The van der Waals surface area contributed by atoms with Crippen molar-refractivity contribution >= 4 is 10.0 Å². The van der Waals surface area contributed by atoms with E-state index in [2.05, 4.69) is 10.8 Å². The maximum Gasteiger partial charge on any atom is 0.241 e. The molecule has 4 heteroatoms. The van der Waals surface area contributed by atoms with Crippen molar-refractivity contribution < 1.29 is 8.42 Å². The van der Waals surface area contributed by atoms with Gasteiger partial charge in [-0.2, -0.15) is 0 Å². The van der Waals surface area contributed by atoms with E-state index in [1.165, 1.54) is 12.1 Å². The highest BCUT2D eigenvalue weighted by molar-refractivity contribution is 7.89. The minimum Gasteiger partial charge on any atom is -0.207 e. The minimum atomic E-state index is -3.39. The van der Waals surface area contributed by atoms with E-state index in [4.69, 9.17) is 0 Å². The summed E-state index contributed by atoms with van der Waals surface area (Å²) >= 11 is 0. The van der Waals surface area contributed by atoms with Crippen LogP contribution in [0, 0.1) is 6.07 Å². The van der Waals surface area contributed by atoms with Crippen LogP contribution in [0.1, 0.15) is 20.8 Å². The average molecular weight is 212 g/mol. The third kappa shape index (κ3) is 3.12. The Morgan fingerprint density at radius 2 is 1.71 bits per heavy atom. The van der Waals surface area contributed by atoms with Crippen LogP contribution in [-0.4, -0.2) is 14.0 Å². The molecule has 1 aromatic rings. The van der Waals surface area contributed by atoms with Crippen molar-refractivity contribution in [3.8, 4) is 0 Å². The molecule has 0 aromatic heterocycles. The molecule has 0 fully saturated rings. The fourth-order valence-electron chi connectivity index (χ4n) is 1.01. The Morgan fingerprint density at radius 1 is 1.21 bits per heavy atom. The zero-order valence-corrected chi connectivity index (χ0v) is 9.35. The second kappa shape index (κ2) is 3.71. The second-order valence-corrected chi connectivity index (χ2v) is 5.77. The molecule has 0 bridgehead atoms. The van der Waals surface area contributed by atoms with E-state index in [0.717, 1.165) is 0 Å². The predicted molar refractivity (Wildman–Crippen MR) is 55.4 cm³/mol. The van der Waals surface area contributed by atoms with Crippen molar-refractivity contribution in [1.29, 1.82) is 0 Å². The molecular weight excluding hydrogens is 198 g/mol. The third-order valence-corrected chi connectivity index (χ3v) is 3.21. The monoisotopic (exact) mass is 212 g/mol. The van der Waals surface area contributed by atoms with Gasteiger partial charge in [-0.25, -0.2) is 13.1 Å². The molecule has 1 rings (SSSR count). The van der Waals surface area contributed by atoms with Gasteiger partial charge in [0.25, 0.3) is 0 Å². The van der Waals surface area contributed by atoms with Gasteiger partial charge in [0.05, 0.1) is 4.90 Å². The van der Waals surface area contributed by atoms with Gasteiger partial charge in [-0.3, -0.25) is 0 Å². The first-order valence-electron chi connectivity index (χ1n) is 4.31. The molecule has 1 aromatic carbocycles. The molecule has 0 aliphatic heterocycles. The van der Waals surface area contributed by atoms with Crippen LogP contribution in [0.15, 0.2) is 29.2 Å². The summed E-state index contributed by atoms with van der Waals surface area (Å²) in [4.78, 5) is 0.270.